The van der Waals surface area contributed by atoms with Crippen molar-refractivity contribution in [3.63, 3.8) is 0 Å². The van der Waals surface area contributed by atoms with Gasteiger partial charge in [-0.3, -0.25) is 0 Å². The zero-order chi connectivity index (χ0) is 17.2. The lowest BCUT2D eigenvalue weighted by Crippen LogP contribution is -2.34. The molecule has 2 aliphatic carbocycles. The lowest BCUT2D eigenvalue weighted by molar-refractivity contribution is 0.798. The Balaban J connectivity index is 2.66. The summed E-state index contributed by atoms with van der Waals surface area (Å²) in [6.45, 7) is 23.0. The summed E-state index contributed by atoms with van der Waals surface area (Å²) in [7, 11) is 0. The van der Waals surface area contributed by atoms with E-state index in [0.29, 0.717) is 0 Å². The average Bonchev–Trinajstić information content (AvgIpc) is 2.75. The molecule has 0 aromatic heterocycles. The van der Waals surface area contributed by atoms with E-state index in [1.54, 1.807) is 22.3 Å². The van der Waals surface area contributed by atoms with Gasteiger partial charge in [-0.25, -0.2) is 0 Å². The largest absolute Gasteiger partial charge is 0.0580 e. The number of rotatable bonds is 2. The van der Waals surface area contributed by atoms with Crippen LogP contribution in [0, 0.1) is 0 Å². The summed E-state index contributed by atoms with van der Waals surface area (Å²) < 4.78 is 0. The van der Waals surface area contributed by atoms with Gasteiger partial charge in [0.2, 0.25) is 0 Å². The first-order chi connectivity index (χ1) is 9.93. The topological polar surface area (TPSA) is 0 Å². The third kappa shape index (κ3) is 1.97. The molecule has 2 heteroatoms. The highest BCUT2D eigenvalue weighted by atomic mass is 79.9. The average molecular weight is 381 g/mol. The summed E-state index contributed by atoms with van der Waals surface area (Å²) in [5.74, 6) is 0. The minimum Gasteiger partial charge on any atom is -0.0580 e. The van der Waals surface area contributed by atoms with Crippen LogP contribution in [0.25, 0.3) is 0 Å². The predicted molar refractivity (Wildman–Crippen MR) is 106 cm³/mol. The molecule has 0 aromatic carbocycles. The molecule has 0 saturated carbocycles. The molecule has 122 valence electrons. The number of allylic oxidation sites excluding steroid dienone is 8. The van der Waals surface area contributed by atoms with Gasteiger partial charge in [-0.2, -0.15) is 0 Å². The van der Waals surface area contributed by atoms with Crippen molar-refractivity contribution in [2.45, 2.75) is 79.5 Å². The van der Waals surface area contributed by atoms with Crippen molar-refractivity contribution in [2.24, 2.45) is 0 Å². The third-order valence-corrected chi connectivity index (χ3v) is 14.2. The van der Waals surface area contributed by atoms with Crippen LogP contribution in [0.1, 0.15) is 69.2 Å². The van der Waals surface area contributed by atoms with Gasteiger partial charge in [-0.1, -0.05) is 37.8 Å². The van der Waals surface area contributed by atoms with E-state index in [0.717, 1.165) is 0 Å². The van der Waals surface area contributed by atoms with Crippen molar-refractivity contribution in [3.05, 3.63) is 44.6 Å². The molecule has 0 saturated heterocycles. The molecule has 0 spiro atoms. The van der Waals surface area contributed by atoms with Crippen LogP contribution in [0.15, 0.2) is 44.6 Å². The van der Waals surface area contributed by atoms with E-state index < -0.39 is 6.62 Å². The van der Waals surface area contributed by atoms with Crippen LogP contribution in [0.4, 0.5) is 0 Å². The second kappa shape index (κ2) is 5.45. The van der Waals surface area contributed by atoms with Gasteiger partial charge in [-0.15, -0.1) is 0 Å². The second-order valence-electron chi connectivity index (χ2n) is 7.43. The first kappa shape index (κ1) is 18.2. The summed E-state index contributed by atoms with van der Waals surface area (Å²) in [5.41, 5.74) is 12.2. The lowest BCUT2D eigenvalue weighted by atomic mass is 9.96. The van der Waals surface area contributed by atoms with Crippen LogP contribution < -0.4 is 0 Å². The normalized spacial score (nSPS) is 24.5. The number of hydrogen-bond acceptors (Lipinski definition) is 0. The monoisotopic (exact) mass is 380 g/mol. The molecule has 0 fully saturated rings. The van der Waals surface area contributed by atoms with Crippen LogP contribution in [0.5, 0.6) is 0 Å². The van der Waals surface area contributed by atoms with Crippen molar-refractivity contribution >= 4 is 22.1 Å². The van der Waals surface area contributed by atoms with Gasteiger partial charge in [0.05, 0.1) is 0 Å². The highest BCUT2D eigenvalue weighted by Gasteiger charge is 2.53. The summed E-state index contributed by atoms with van der Waals surface area (Å²) >= 11 is 4.24. The van der Waals surface area contributed by atoms with Crippen LogP contribution >= 0.6 is 22.1 Å². The minimum absolute atomic E-state index is 0.145. The van der Waals surface area contributed by atoms with Crippen molar-refractivity contribution < 1.29 is 0 Å². The second-order valence-corrected chi connectivity index (χ2v) is 11.9. The molecule has 2 aliphatic rings. The van der Waals surface area contributed by atoms with Gasteiger partial charge >= 0.3 is 0 Å². The molecule has 0 aromatic rings. The first-order valence-corrected chi connectivity index (χ1v) is 11.5. The van der Waals surface area contributed by atoms with Gasteiger partial charge in [0.15, 0.2) is 0 Å². The maximum Gasteiger partial charge on any atom is 0.0409 e. The van der Waals surface area contributed by atoms with Gasteiger partial charge < -0.3 is 0 Å². The molecule has 0 N–H and O–H groups in total. The fourth-order valence-corrected chi connectivity index (χ4v) is 10.1. The zero-order valence-corrected chi connectivity index (χ0v) is 18.3. The van der Waals surface area contributed by atoms with Crippen LogP contribution in [-0.2, 0) is 0 Å². The van der Waals surface area contributed by atoms with E-state index in [1.165, 1.54) is 22.3 Å². The molecule has 0 heterocycles. The van der Waals surface area contributed by atoms with E-state index in [1.807, 2.05) is 0 Å². The quantitative estimate of drug-likeness (QED) is 0.431. The highest BCUT2D eigenvalue weighted by Crippen LogP contribution is 2.76. The SMILES string of the molecule is CC1=C(C)C(C)(P(Br)C2(C)C(C)=C(C)C(C)=C2C)C(C)=C1C. The van der Waals surface area contributed by atoms with Crippen molar-refractivity contribution in [1.29, 1.82) is 0 Å². The Morgan fingerprint density at radius 3 is 0.909 bits per heavy atom. The Morgan fingerprint density at radius 1 is 0.545 bits per heavy atom. The van der Waals surface area contributed by atoms with E-state index >= 15 is 0 Å². The molecule has 0 atom stereocenters. The molecule has 0 unspecified atom stereocenters. The van der Waals surface area contributed by atoms with Crippen molar-refractivity contribution in [2.75, 3.05) is 0 Å². The van der Waals surface area contributed by atoms with Gasteiger partial charge in [0.25, 0.3) is 0 Å². The fraction of sp³-hybridized carbons (Fsp3) is 0.600. The summed E-state index contributed by atoms with van der Waals surface area (Å²) in [6.07, 6.45) is 0. The van der Waals surface area contributed by atoms with Crippen molar-refractivity contribution in [1.82, 2.24) is 0 Å². The van der Waals surface area contributed by atoms with E-state index in [-0.39, 0.29) is 10.3 Å². The van der Waals surface area contributed by atoms with Crippen LogP contribution in [-0.4, -0.2) is 10.3 Å². The summed E-state index contributed by atoms with van der Waals surface area (Å²) in [5, 5.41) is 0.289. The molecular weight excluding hydrogens is 351 g/mol. The molecule has 0 bridgehead atoms. The zero-order valence-electron chi connectivity index (χ0n) is 15.8. The van der Waals surface area contributed by atoms with Gasteiger partial charge in [0, 0.05) is 10.3 Å². The molecule has 0 aliphatic heterocycles. The molecule has 0 nitrogen and oxygen atoms in total. The maximum atomic E-state index is 4.24. The minimum atomic E-state index is -0.430. The van der Waals surface area contributed by atoms with E-state index in [2.05, 4.69) is 84.7 Å². The molecule has 22 heavy (non-hydrogen) atoms. The van der Waals surface area contributed by atoms with Gasteiger partial charge in [0.1, 0.15) is 0 Å². The lowest BCUT2D eigenvalue weighted by Gasteiger charge is -2.46. The summed E-state index contributed by atoms with van der Waals surface area (Å²) in [4.78, 5) is 0. The third-order valence-electron chi connectivity index (χ3n) is 7.08. The van der Waals surface area contributed by atoms with Crippen LogP contribution in [0.2, 0.25) is 0 Å². The Kier molecular flexibility index (Phi) is 4.51. The Hall–Kier alpha value is -0.130. The Labute approximate surface area is 146 Å². The molecule has 0 amide bonds. The molecular formula is C20H30BrP. The smallest absolute Gasteiger partial charge is 0.0409 e. The standard InChI is InChI=1S/C20H30BrP/c1-11-12(2)16(6)19(9,15(11)5)22(21)20(10)17(7)13(3)14(4)18(20)8/h1-10H3. The summed E-state index contributed by atoms with van der Waals surface area (Å²) in [6, 6.07) is 0. The number of hydrogen-bond donors (Lipinski definition) is 0. The Morgan fingerprint density at radius 2 is 0.727 bits per heavy atom. The first-order valence-electron chi connectivity index (χ1n) is 8.12. The molecule has 2 rings (SSSR count). The fourth-order valence-electron chi connectivity index (χ4n) is 4.18. The van der Waals surface area contributed by atoms with Crippen LogP contribution in [0.3, 0.4) is 0 Å². The highest BCUT2D eigenvalue weighted by molar-refractivity contribution is 9.39. The Bertz CT molecular complexity index is 564. The van der Waals surface area contributed by atoms with Crippen molar-refractivity contribution in [3.8, 4) is 0 Å². The number of halogens is 1. The maximum absolute atomic E-state index is 4.24. The predicted octanol–water partition coefficient (Wildman–Crippen LogP) is 7.67. The van der Waals surface area contributed by atoms with Gasteiger partial charge in [-0.05, 0) is 98.2 Å². The van der Waals surface area contributed by atoms with E-state index in [4.69, 9.17) is 0 Å². The van der Waals surface area contributed by atoms with E-state index in [9.17, 15) is 0 Å². The molecule has 0 radical (unpaired) electrons.